The minimum atomic E-state index is -0.263. The molecule has 4 N–H and O–H groups in total. The molecule has 11 heteroatoms. The van der Waals surface area contributed by atoms with E-state index in [1.165, 1.54) is 12.3 Å². The summed E-state index contributed by atoms with van der Waals surface area (Å²) in [6, 6.07) is 13.4. The summed E-state index contributed by atoms with van der Waals surface area (Å²) in [5.74, 6) is -0.0702. The van der Waals surface area contributed by atoms with E-state index in [1.807, 2.05) is 49.5 Å². The number of nitrogens with one attached hydrogen (secondary N) is 4. The molecule has 0 spiro atoms. The van der Waals surface area contributed by atoms with Crippen LogP contribution in [-0.2, 0) is 4.79 Å². The normalized spacial score (nSPS) is 16.8. The number of fused-ring (bicyclic) bond motifs is 1. The number of aromatic nitrogens is 4. The summed E-state index contributed by atoms with van der Waals surface area (Å²) in [6.07, 6.45) is 11.5. The van der Waals surface area contributed by atoms with E-state index in [1.54, 1.807) is 24.4 Å². The van der Waals surface area contributed by atoms with Crippen LogP contribution < -0.4 is 16.0 Å². The summed E-state index contributed by atoms with van der Waals surface area (Å²) in [7, 11) is 3.84. The highest BCUT2D eigenvalue weighted by Gasteiger charge is 2.25. The van der Waals surface area contributed by atoms with Gasteiger partial charge in [0.05, 0.1) is 29.3 Å². The van der Waals surface area contributed by atoms with Crippen molar-refractivity contribution in [2.75, 3.05) is 31.3 Å². The van der Waals surface area contributed by atoms with Gasteiger partial charge < -0.3 is 25.8 Å². The molecule has 0 unspecified atom stereocenters. The minimum Gasteiger partial charge on any atom is -0.360 e. The first-order chi connectivity index (χ1) is 20.4. The van der Waals surface area contributed by atoms with E-state index in [-0.39, 0.29) is 29.6 Å². The molecule has 42 heavy (non-hydrogen) atoms. The average Bonchev–Trinajstić information content (AvgIpc) is 3.41. The molecule has 1 fully saturated rings. The molecule has 3 aromatic heterocycles. The lowest BCUT2D eigenvalue weighted by Crippen LogP contribution is -2.42. The van der Waals surface area contributed by atoms with Crippen LogP contribution in [0.15, 0.2) is 67.1 Å². The van der Waals surface area contributed by atoms with E-state index < -0.39 is 0 Å². The molecule has 2 amide bonds. The summed E-state index contributed by atoms with van der Waals surface area (Å²) in [4.78, 5) is 43.5. The number of carbonyl (C=O) groups excluding carboxylic acids is 2. The number of H-pyrrole nitrogens is 1. The van der Waals surface area contributed by atoms with Gasteiger partial charge in [-0.3, -0.25) is 9.59 Å². The summed E-state index contributed by atoms with van der Waals surface area (Å²) in [5.41, 5.74) is 3.59. The Morgan fingerprint density at radius 3 is 2.74 bits per heavy atom. The summed E-state index contributed by atoms with van der Waals surface area (Å²) in [5, 5.41) is 19.9. The molecule has 0 radical (unpaired) electrons. The summed E-state index contributed by atoms with van der Waals surface area (Å²) in [6.45, 7) is 0.662. The molecule has 5 rings (SSSR count). The van der Waals surface area contributed by atoms with Crippen LogP contribution in [0.5, 0.6) is 0 Å². The molecule has 4 aromatic rings. The maximum absolute atomic E-state index is 12.9. The number of para-hydroxylation sites is 1. The van der Waals surface area contributed by atoms with Gasteiger partial charge in [-0.15, -0.1) is 0 Å². The standard InChI is InChI=1S/C31H33N9O2/c1-40(2)14-6-11-28(41)36-23-12-13-27(33-18-23)30(42)37-21-7-5-8-22(15-21)38-31-35-17-20(16-32)29(39-31)25-19-34-26-10-4-3-9-24(25)26/h3-4,6,9-13,17-19,21-22,34H,5,7-8,14-15H2,1-2H3,(H,36,41)(H,37,42)(H,35,38,39)/b11-6+/t21-,22+/m0/s1. The van der Waals surface area contributed by atoms with Gasteiger partial charge in [-0.1, -0.05) is 24.3 Å². The Bertz CT molecular complexity index is 1640. The van der Waals surface area contributed by atoms with Crippen LogP contribution in [0.3, 0.4) is 0 Å². The maximum atomic E-state index is 12.9. The predicted molar refractivity (Wildman–Crippen MR) is 162 cm³/mol. The van der Waals surface area contributed by atoms with Gasteiger partial charge in [0.2, 0.25) is 11.9 Å². The van der Waals surface area contributed by atoms with Crippen LogP contribution in [0.2, 0.25) is 0 Å². The highest BCUT2D eigenvalue weighted by atomic mass is 16.2. The number of anilines is 2. The van der Waals surface area contributed by atoms with E-state index in [9.17, 15) is 14.9 Å². The van der Waals surface area contributed by atoms with Gasteiger partial charge in [0, 0.05) is 47.4 Å². The molecule has 0 bridgehead atoms. The van der Waals surface area contributed by atoms with Gasteiger partial charge in [0.25, 0.3) is 5.91 Å². The van der Waals surface area contributed by atoms with Crippen molar-refractivity contribution in [3.05, 3.63) is 78.4 Å². The van der Waals surface area contributed by atoms with Gasteiger partial charge in [-0.2, -0.15) is 5.26 Å². The topological polar surface area (TPSA) is 152 Å². The smallest absolute Gasteiger partial charge is 0.270 e. The number of rotatable bonds is 9. The zero-order chi connectivity index (χ0) is 29.5. The Kier molecular flexibility index (Phi) is 8.84. The molecule has 214 valence electrons. The van der Waals surface area contributed by atoms with Crippen molar-refractivity contribution in [1.82, 2.24) is 30.2 Å². The van der Waals surface area contributed by atoms with Crippen LogP contribution in [-0.4, -0.2) is 69.4 Å². The van der Waals surface area contributed by atoms with E-state index in [4.69, 9.17) is 4.98 Å². The highest BCUT2D eigenvalue weighted by Crippen LogP contribution is 2.30. The second-order valence-electron chi connectivity index (χ2n) is 10.6. The number of nitrogens with zero attached hydrogens (tertiary/aromatic N) is 5. The van der Waals surface area contributed by atoms with Crippen LogP contribution >= 0.6 is 0 Å². The molecule has 0 aliphatic heterocycles. The average molecular weight is 564 g/mol. The maximum Gasteiger partial charge on any atom is 0.270 e. The molecule has 3 heterocycles. The third-order valence-corrected chi connectivity index (χ3v) is 7.10. The zero-order valence-corrected chi connectivity index (χ0v) is 23.6. The fraction of sp³-hybridized carbons (Fsp3) is 0.290. The quantitative estimate of drug-likeness (QED) is 0.222. The molecular weight excluding hydrogens is 530 g/mol. The van der Waals surface area contributed by atoms with Crippen molar-refractivity contribution < 1.29 is 9.59 Å². The van der Waals surface area contributed by atoms with Gasteiger partial charge >= 0.3 is 0 Å². The molecule has 1 aliphatic rings. The second-order valence-corrected chi connectivity index (χ2v) is 10.6. The molecular formula is C31H33N9O2. The second kappa shape index (κ2) is 13.1. The number of nitriles is 1. The third-order valence-electron chi connectivity index (χ3n) is 7.10. The van der Waals surface area contributed by atoms with Crippen molar-refractivity contribution in [1.29, 1.82) is 5.26 Å². The number of benzene rings is 1. The van der Waals surface area contributed by atoms with Crippen molar-refractivity contribution in [3.8, 4) is 17.3 Å². The Hall–Kier alpha value is -5.08. The van der Waals surface area contributed by atoms with Gasteiger partial charge in [-0.05, 0) is 58.0 Å². The number of hydrogen-bond acceptors (Lipinski definition) is 8. The lowest BCUT2D eigenvalue weighted by Gasteiger charge is -2.30. The van der Waals surface area contributed by atoms with E-state index in [2.05, 4.69) is 37.0 Å². The number of carbonyl (C=O) groups is 2. The highest BCUT2D eigenvalue weighted by molar-refractivity contribution is 5.99. The number of likely N-dealkylation sites (N-methyl/N-ethyl adjacent to an activating group) is 1. The van der Waals surface area contributed by atoms with Gasteiger partial charge in [0.15, 0.2) is 0 Å². The van der Waals surface area contributed by atoms with Crippen molar-refractivity contribution in [2.45, 2.75) is 37.8 Å². The van der Waals surface area contributed by atoms with Crippen LogP contribution in [0.4, 0.5) is 11.6 Å². The fourth-order valence-electron chi connectivity index (χ4n) is 5.06. The largest absolute Gasteiger partial charge is 0.360 e. The number of hydrogen-bond donors (Lipinski definition) is 4. The Balaban J connectivity index is 1.19. The van der Waals surface area contributed by atoms with E-state index in [0.717, 1.165) is 35.7 Å². The minimum absolute atomic E-state index is 0.0433. The Morgan fingerprint density at radius 1 is 1.12 bits per heavy atom. The summed E-state index contributed by atoms with van der Waals surface area (Å²) >= 11 is 0. The lowest BCUT2D eigenvalue weighted by atomic mass is 9.91. The third kappa shape index (κ3) is 6.97. The molecule has 11 nitrogen and oxygen atoms in total. The Morgan fingerprint density at radius 2 is 1.95 bits per heavy atom. The van der Waals surface area contributed by atoms with Gasteiger partial charge in [0.1, 0.15) is 11.8 Å². The lowest BCUT2D eigenvalue weighted by molar-refractivity contribution is -0.111. The summed E-state index contributed by atoms with van der Waals surface area (Å²) < 4.78 is 0. The first-order valence-electron chi connectivity index (χ1n) is 13.9. The molecule has 1 aliphatic carbocycles. The molecule has 1 aromatic carbocycles. The van der Waals surface area contributed by atoms with Crippen molar-refractivity contribution in [3.63, 3.8) is 0 Å². The van der Waals surface area contributed by atoms with E-state index in [0.29, 0.717) is 35.9 Å². The van der Waals surface area contributed by atoms with Crippen LogP contribution in [0.25, 0.3) is 22.2 Å². The predicted octanol–water partition coefficient (Wildman–Crippen LogP) is 4.10. The fourth-order valence-corrected chi connectivity index (χ4v) is 5.06. The molecule has 0 saturated heterocycles. The zero-order valence-electron chi connectivity index (χ0n) is 23.6. The van der Waals surface area contributed by atoms with Crippen LogP contribution in [0, 0.1) is 11.3 Å². The monoisotopic (exact) mass is 563 g/mol. The number of pyridine rings is 1. The first-order valence-corrected chi connectivity index (χ1v) is 13.9. The van der Waals surface area contributed by atoms with Crippen molar-refractivity contribution in [2.24, 2.45) is 0 Å². The van der Waals surface area contributed by atoms with Crippen molar-refractivity contribution >= 4 is 34.4 Å². The number of amides is 2. The first kappa shape index (κ1) is 28.4. The van der Waals surface area contributed by atoms with E-state index >= 15 is 0 Å². The van der Waals surface area contributed by atoms with Gasteiger partial charge in [-0.25, -0.2) is 15.0 Å². The number of aromatic amines is 1. The Labute approximate surface area is 244 Å². The SMILES string of the molecule is CN(C)C/C=C/C(=O)Nc1ccc(C(=O)N[C@H]2CCC[C@@H](Nc3ncc(C#N)c(-c4c[nH]c5ccccc45)n3)C2)nc1. The van der Waals surface area contributed by atoms with Crippen LogP contribution in [0.1, 0.15) is 41.7 Å². The molecule has 2 atom stereocenters. The molecule has 1 saturated carbocycles.